The number of nitrogens with zero attached hydrogens (tertiary/aromatic N) is 1. The smallest absolute Gasteiger partial charge is 0.217 e. The zero-order valence-corrected chi connectivity index (χ0v) is 17.0. The minimum absolute atomic E-state index is 0.0622. The molecule has 0 radical (unpaired) electrons. The van der Waals surface area contributed by atoms with E-state index in [4.69, 9.17) is 0 Å². The SMILES string of the molecule is C[N+]1=C(/C=C/c2ccc3cc(O)ccc3c2)C(C)(C)c2ccc3ccccc3c21. The number of aromatic hydroxyl groups is 1. The topological polar surface area (TPSA) is 23.2 Å². The van der Waals surface area contributed by atoms with Crippen LogP contribution in [-0.2, 0) is 5.41 Å². The van der Waals surface area contributed by atoms with Crippen molar-refractivity contribution in [3.05, 3.63) is 90.0 Å². The number of rotatable bonds is 2. The van der Waals surface area contributed by atoms with Crippen LogP contribution < -0.4 is 0 Å². The summed E-state index contributed by atoms with van der Waals surface area (Å²) >= 11 is 0. The van der Waals surface area contributed by atoms with E-state index in [1.165, 1.54) is 27.7 Å². The van der Waals surface area contributed by atoms with Gasteiger partial charge in [-0.15, -0.1) is 0 Å². The summed E-state index contributed by atoms with van der Waals surface area (Å²) in [4.78, 5) is 0. The summed E-state index contributed by atoms with van der Waals surface area (Å²) in [6.07, 6.45) is 4.43. The highest BCUT2D eigenvalue weighted by atomic mass is 16.3. The van der Waals surface area contributed by atoms with E-state index in [2.05, 4.69) is 92.2 Å². The lowest BCUT2D eigenvalue weighted by Gasteiger charge is -2.15. The Balaban J connectivity index is 1.60. The van der Waals surface area contributed by atoms with Gasteiger partial charge in [-0.25, -0.2) is 0 Å². The van der Waals surface area contributed by atoms with Gasteiger partial charge in [0, 0.05) is 11.6 Å². The summed E-state index contributed by atoms with van der Waals surface area (Å²) in [5.74, 6) is 0.302. The van der Waals surface area contributed by atoms with E-state index in [-0.39, 0.29) is 5.41 Å². The predicted molar refractivity (Wildman–Crippen MR) is 122 cm³/mol. The minimum atomic E-state index is -0.0622. The second-order valence-corrected chi connectivity index (χ2v) is 8.38. The number of fused-ring (bicyclic) bond motifs is 4. The van der Waals surface area contributed by atoms with E-state index >= 15 is 0 Å². The van der Waals surface area contributed by atoms with Gasteiger partial charge in [0.25, 0.3) is 0 Å². The first-order valence-corrected chi connectivity index (χ1v) is 9.99. The van der Waals surface area contributed by atoms with Crippen molar-refractivity contribution in [2.45, 2.75) is 19.3 Å². The average Bonchev–Trinajstić information content (AvgIpc) is 2.92. The van der Waals surface area contributed by atoms with Gasteiger partial charge in [-0.05, 0) is 65.9 Å². The second kappa shape index (κ2) is 6.31. The molecule has 4 aromatic carbocycles. The predicted octanol–water partition coefficient (Wildman–Crippen LogP) is 6.42. The van der Waals surface area contributed by atoms with Crippen LogP contribution in [0.25, 0.3) is 27.6 Å². The number of allylic oxidation sites excluding steroid dienone is 1. The summed E-state index contributed by atoms with van der Waals surface area (Å²) in [6.45, 7) is 4.60. The van der Waals surface area contributed by atoms with E-state index in [1.54, 1.807) is 12.1 Å². The van der Waals surface area contributed by atoms with Gasteiger partial charge in [0.2, 0.25) is 5.69 Å². The Morgan fingerprint density at radius 1 is 0.793 bits per heavy atom. The van der Waals surface area contributed by atoms with Gasteiger partial charge in [0.05, 0.1) is 10.8 Å². The van der Waals surface area contributed by atoms with Crippen molar-refractivity contribution in [2.24, 2.45) is 0 Å². The van der Waals surface area contributed by atoms with Crippen LogP contribution in [0.1, 0.15) is 25.0 Å². The van der Waals surface area contributed by atoms with Gasteiger partial charge in [0.1, 0.15) is 12.8 Å². The molecule has 0 saturated heterocycles. The van der Waals surface area contributed by atoms with Crippen molar-refractivity contribution in [3.8, 4) is 5.75 Å². The largest absolute Gasteiger partial charge is 0.508 e. The molecule has 1 N–H and O–H groups in total. The highest BCUT2D eigenvalue weighted by molar-refractivity contribution is 6.08. The third kappa shape index (κ3) is 2.75. The Bertz CT molecular complexity index is 1340. The van der Waals surface area contributed by atoms with Crippen molar-refractivity contribution < 1.29 is 9.68 Å². The highest BCUT2D eigenvalue weighted by Gasteiger charge is 2.43. The lowest BCUT2D eigenvalue weighted by Crippen LogP contribution is -2.26. The number of benzene rings is 4. The van der Waals surface area contributed by atoms with Crippen LogP contribution in [0.2, 0.25) is 0 Å². The molecule has 1 aliphatic rings. The number of phenolic OH excluding ortho intramolecular Hbond substituents is 1. The Morgan fingerprint density at radius 2 is 1.52 bits per heavy atom. The molecule has 1 heterocycles. The molecular formula is C27H24NO+. The maximum atomic E-state index is 9.67. The first-order valence-electron chi connectivity index (χ1n) is 9.99. The van der Waals surface area contributed by atoms with Crippen molar-refractivity contribution in [1.82, 2.24) is 0 Å². The molecule has 0 aromatic heterocycles. The number of hydrogen-bond acceptors (Lipinski definition) is 1. The van der Waals surface area contributed by atoms with Crippen molar-refractivity contribution in [1.29, 1.82) is 0 Å². The van der Waals surface area contributed by atoms with Crippen LogP contribution >= 0.6 is 0 Å². The molecule has 0 unspecified atom stereocenters. The molecule has 0 spiro atoms. The molecule has 2 nitrogen and oxygen atoms in total. The van der Waals surface area contributed by atoms with Crippen LogP contribution in [0.4, 0.5) is 5.69 Å². The molecule has 2 heteroatoms. The normalized spacial score (nSPS) is 15.6. The van der Waals surface area contributed by atoms with Gasteiger partial charge >= 0.3 is 0 Å². The molecule has 0 atom stereocenters. The van der Waals surface area contributed by atoms with Gasteiger partial charge in [0.15, 0.2) is 5.71 Å². The van der Waals surface area contributed by atoms with E-state index in [9.17, 15) is 5.11 Å². The van der Waals surface area contributed by atoms with Crippen molar-refractivity contribution >= 4 is 39.0 Å². The molecule has 0 fully saturated rings. The summed E-state index contributed by atoms with van der Waals surface area (Å²) < 4.78 is 2.34. The zero-order valence-electron chi connectivity index (χ0n) is 17.0. The van der Waals surface area contributed by atoms with E-state index in [1.807, 2.05) is 6.07 Å². The lowest BCUT2D eigenvalue weighted by atomic mass is 9.80. The van der Waals surface area contributed by atoms with E-state index < -0.39 is 0 Å². The van der Waals surface area contributed by atoms with E-state index in [0.29, 0.717) is 5.75 Å². The van der Waals surface area contributed by atoms with Crippen LogP contribution in [0, 0.1) is 0 Å². The summed E-state index contributed by atoms with van der Waals surface area (Å²) in [6, 6.07) is 24.9. The molecule has 142 valence electrons. The van der Waals surface area contributed by atoms with Crippen molar-refractivity contribution in [3.63, 3.8) is 0 Å². The van der Waals surface area contributed by atoms with Crippen molar-refractivity contribution in [2.75, 3.05) is 7.05 Å². The van der Waals surface area contributed by atoms with Crippen LogP contribution in [0.15, 0.2) is 78.9 Å². The van der Waals surface area contributed by atoms with Crippen LogP contribution in [0.3, 0.4) is 0 Å². The fourth-order valence-corrected chi connectivity index (χ4v) is 4.65. The third-order valence-corrected chi connectivity index (χ3v) is 6.19. The molecule has 4 aromatic rings. The minimum Gasteiger partial charge on any atom is -0.508 e. The van der Waals surface area contributed by atoms with Gasteiger partial charge in [-0.3, -0.25) is 0 Å². The first kappa shape index (κ1) is 17.7. The Morgan fingerprint density at radius 3 is 2.38 bits per heavy atom. The maximum Gasteiger partial charge on any atom is 0.217 e. The molecule has 0 amide bonds. The Hall–Kier alpha value is -3.39. The van der Waals surface area contributed by atoms with Crippen LogP contribution in [0.5, 0.6) is 5.75 Å². The Labute approximate surface area is 171 Å². The zero-order chi connectivity index (χ0) is 20.2. The number of hydrogen-bond donors (Lipinski definition) is 1. The second-order valence-electron chi connectivity index (χ2n) is 8.38. The summed E-state index contributed by atoms with van der Waals surface area (Å²) in [7, 11) is 2.17. The highest BCUT2D eigenvalue weighted by Crippen LogP contribution is 2.43. The van der Waals surface area contributed by atoms with Gasteiger partial charge < -0.3 is 5.11 Å². The number of phenols is 1. The quantitative estimate of drug-likeness (QED) is 0.400. The summed E-state index contributed by atoms with van der Waals surface area (Å²) in [5, 5.41) is 14.4. The van der Waals surface area contributed by atoms with Gasteiger partial charge in [-0.2, -0.15) is 4.58 Å². The fraction of sp³-hybridized carbons (Fsp3) is 0.148. The fourth-order valence-electron chi connectivity index (χ4n) is 4.65. The standard InChI is InChI=1S/C27H23NO/c1-27(2)24-14-12-19-6-4-5-7-23(19)26(24)28(3)25(27)15-9-18-8-10-21-17-22(29)13-11-20(21)16-18/h4-17H,1-3H3/p+1. The molecule has 0 aliphatic carbocycles. The lowest BCUT2D eigenvalue weighted by molar-refractivity contribution is -0.399. The molecule has 29 heavy (non-hydrogen) atoms. The third-order valence-electron chi connectivity index (χ3n) is 6.19. The molecule has 0 bridgehead atoms. The average molecular weight is 378 g/mol. The monoisotopic (exact) mass is 378 g/mol. The summed E-state index contributed by atoms with van der Waals surface area (Å²) in [5.41, 5.74) is 5.05. The molecule has 0 saturated carbocycles. The molecule has 1 aliphatic heterocycles. The Kier molecular flexibility index (Phi) is 3.85. The molecule has 5 rings (SSSR count). The molecular weight excluding hydrogens is 354 g/mol. The van der Waals surface area contributed by atoms with Gasteiger partial charge in [-0.1, -0.05) is 48.5 Å². The van der Waals surface area contributed by atoms with E-state index in [0.717, 1.165) is 16.3 Å². The first-order chi connectivity index (χ1) is 13.9. The maximum absolute atomic E-state index is 9.67. The van der Waals surface area contributed by atoms with Crippen LogP contribution in [-0.4, -0.2) is 22.4 Å².